The monoisotopic (exact) mass is 549 g/mol. The third-order valence-corrected chi connectivity index (χ3v) is 8.26. The van der Waals surface area contributed by atoms with E-state index in [2.05, 4.69) is 9.48 Å². The summed E-state index contributed by atoms with van der Waals surface area (Å²) in [6, 6.07) is 7.52. The van der Waals surface area contributed by atoms with E-state index in [4.69, 9.17) is 0 Å². The SMILES string of the molecule is Cc1c(F)c(F)c(C(=O)O)c(C(=C2C=CC(=[N+]3CCCCCC3)C=C2)c2ccc(N3CCCCCC3)cc2)c1F. The molecule has 0 spiro atoms. The van der Waals surface area contributed by atoms with E-state index in [1.807, 2.05) is 48.6 Å². The van der Waals surface area contributed by atoms with Gasteiger partial charge < -0.3 is 10.0 Å². The van der Waals surface area contributed by atoms with E-state index in [0.29, 0.717) is 11.1 Å². The Balaban J connectivity index is 1.67. The van der Waals surface area contributed by atoms with E-state index in [-0.39, 0.29) is 5.57 Å². The number of halogens is 3. The summed E-state index contributed by atoms with van der Waals surface area (Å²) in [6.07, 6.45) is 16.8. The van der Waals surface area contributed by atoms with Crippen molar-refractivity contribution in [1.82, 2.24) is 0 Å². The molecule has 1 aliphatic carbocycles. The summed E-state index contributed by atoms with van der Waals surface area (Å²) in [5, 5.41) is 9.91. The second kappa shape index (κ2) is 12.3. The Labute approximate surface area is 233 Å². The van der Waals surface area contributed by atoms with Gasteiger partial charge in [0, 0.05) is 60.5 Å². The predicted octanol–water partition coefficient (Wildman–Crippen LogP) is 7.45. The Bertz CT molecular complexity index is 1380. The van der Waals surface area contributed by atoms with Crippen molar-refractivity contribution in [3.8, 4) is 0 Å². The average Bonchev–Trinajstić information content (AvgIpc) is 3.41. The van der Waals surface area contributed by atoms with Crippen LogP contribution in [0.5, 0.6) is 0 Å². The Morgan fingerprint density at radius 1 is 0.750 bits per heavy atom. The summed E-state index contributed by atoms with van der Waals surface area (Å²) in [5.74, 6) is -5.82. The number of anilines is 1. The highest BCUT2D eigenvalue weighted by Crippen LogP contribution is 2.38. The van der Waals surface area contributed by atoms with Crippen molar-refractivity contribution in [3.63, 3.8) is 0 Å². The van der Waals surface area contributed by atoms with Crippen LogP contribution >= 0.6 is 0 Å². The fourth-order valence-corrected chi connectivity index (χ4v) is 6.00. The number of carbonyl (C=O) groups is 1. The van der Waals surface area contributed by atoms with Crippen LogP contribution < -0.4 is 4.90 Å². The first-order valence-electron chi connectivity index (χ1n) is 14.3. The lowest BCUT2D eigenvalue weighted by Crippen LogP contribution is -2.23. The fourth-order valence-electron chi connectivity index (χ4n) is 6.00. The topological polar surface area (TPSA) is 43.5 Å². The van der Waals surface area contributed by atoms with Crippen LogP contribution in [-0.2, 0) is 0 Å². The van der Waals surface area contributed by atoms with Crippen molar-refractivity contribution in [2.75, 3.05) is 31.1 Å². The molecule has 2 aromatic rings. The molecule has 1 N–H and O–H groups in total. The van der Waals surface area contributed by atoms with Gasteiger partial charge in [-0.2, -0.15) is 0 Å². The summed E-state index contributed by atoms with van der Waals surface area (Å²) in [4.78, 5) is 14.5. The molecule has 40 heavy (non-hydrogen) atoms. The van der Waals surface area contributed by atoms with Crippen molar-refractivity contribution in [1.29, 1.82) is 0 Å². The first-order valence-corrected chi connectivity index (χ1v) is 14.3. The van der Waals surface area contributed by atoms with E-state index in [0.717, 1.165) is 70.2 Å². The largest absolute Gasteiger partial charge is 0.478 e. The minimum absolute atomic E-state index is 0.224. The highest BCUT2D eigenvalue weighted by Gasteiger charge is 2.31. The quantitative estimate of drug-likeness (QED) is 0.318. The van der Waals surface area contributed by atoms with Crippen LogP contribution in [0.15, 0.2) is 54.1 Å². The molecule has 0 saturated carbocycles. The van der Waals surface area contributed by atoms with Crippen molar-refractivity contribution in [2.45, 2.75) is 58.3 Å². The number of carboxylic acids is 1. The van der Waals surface area contributed by atoms with Gasteiger partial charge in [-0.25, -0.2) is 22.5 Å². The number of benzene rings is 2. The zero-order chi connectivity index (χ0) is 28.2. The van der Waals surface area contributed by atoms with Gasteiger partial charge >= 0.3 is 5.97 Å². The molecule has 2 saturated heterocycles. The second-order valence-corrected chi connectivity index (χ2v) is 10.9. The van der Waals surface area contributed by atoms with Gasteiger partial charge in [-0.15, -0.1) is 0 Å². The van der Waals surface area contributed by atoms with Crippen LogP contribution in [0.4, 0.5) is 18.9 Å². The van der Waals surface area contributed by atoms with Gasteiger partial charge in [0.2, 0.25) is 0 Å². The molecule has 3 aliphatic rings. The van der Waals surface area contributed by atoms with E-state index >= 15 is 8.78 Å². The van der Waals surface area contributed by atoms with Crippen molar-refractivity contribution < 1.29 is 27.6 Å². The molecular formula is C33H36F3N2O2+. The van der Waals surface area contributed by atoms with E-state index in [1.165, 1.54) is 25.7 Å². The molecule has 5 rings (SSSR count). The number of carboxylic acid groups (broad SMARTS) is 1. The number of allylic oxidation sites excluding steroid dienone is 5. The lowest BCUT2D eigenvalue weighted by molar-refractivity contribution is -0.524. The summed E-state index contributed by atoms with van der Waals surface area (Å²) < 4.78 is 47.8. The maximum atomic E-state index is 15.8. The Morgan fingerprint density at radius 2 is 1.32 bits per heavy atom. The summed E-state index contributed by atoms with van der Waals surface area (Å²) >= 11 is 0. The van der Waals surface area contributed by atoms with Crippen LogP contribution in [0.25, 0.3) is 5.57 Å². The Hall–Kier alpha value is -3.61. The molecule has 2 fully saturated rings. The molecule has 0 bridgehead atoms. The first-order chi connectivity index (χ1) is 19.4. The van der Waals surface area contributed by atoms with Crippen molar-refractivity contribution >= 4 is 22.9 Å². The van der Waals surface area contributed by atoms with Gasteiger partial charge in [-0.3, -0.25) is 0 Å². The van der Waals surface area contributed by atoms with Crippen LogP contribution in [-0.4, -0.2) is 47.5 Å². The van der Waals surface area contributed by atoms with E-state index < -0.39 is 40.1 Å². The lowest BCUT2D eigenvalue weighted by atomic mass is 9.86. The van der Waals surface area contributed by atoms with E-state index in [1.54, 1.807) is 0 Å². The minimum atomic E-state index is -1.72. The smallest absolute Gasteiger partial charge is 0.339 e. The van der Waals surface area contributed by atoms with Gasteiger partial charge in [0.15, 0.2) is 17.3 Å². The highest BCUT2D eigenvalue weighted by molar-refractivity contribution is 6.05. The van der Waals surface area contributed by atoms with Gasteiger partial charge in [0.25, 0.3) is 0 Å². The molecule has 0 unspecified atom stereocenters. The van der Waals surface area contributed by atoms with Crippen LogP contribution in [0.3, 0.4) is 0 Å². The van der Waals surface area contributed by atoms with E-state index in [9.17, 15) is 14.3 Å². The molecule has 0 aromatic heterocycles. The summed E-state index contributed by atoms with van der Waals surface area (Å²) in [6.45, 7) is 4.94. The second-order valence-electron chi connectivity index (χ2n) is 10.9. The average molecular weight is 550 g/mol. The number of aromatic carboxylic acids is 1. The zero-order valence-electron chi connectivity index (χ0n) is 23.0. The predicted molar refractivity (Wildman–Crippen MR) is 153 cm³/mol. The molecule has 0 amide bonds. The minimum Gasteiger partial charge on any atom is -0.478 e. The standard InChI is InChI=1S/C33H35F3N2O2/c1-22-30(34)28(29(33(39)40)32(36)31(22)35)27(23-10-14-25(15-11-23)37-18-6-2-3-7-19-37)24-12-16-26(17-13-24)38-20-8-4-5-9-21-38/h10-17H,2-9,18-21H2,1H3/p+1. The first kappa shape index (κ1) is 27.9. The maximum absolute atomic E-state index is 15.8. The van der Waals surface area contributed by atoms with Gasteiger partial charge in [0.1, 0.15) is 24.5 Å². The molecule has 2 aliphatic heterocycles. The fraction of sp³-hybridized carbons (Fsp3) is 0.394. The third-order valence-electron chi connectivity index (χ3n) is 8.26. The molecule has 2 heterocycles. The number of rotatable bonds is 4. The summed E-state index contributed by atoms with van der Waals surface area (Å²) in [7, 11) is 0. The Morgan fingerprint density at radius 3 is 1.90 bits per heavy atom. The van der Waals surface area contributed by atoms with Gasteiger partial charge in [0.05, 0.1) is 0 Å². The maximum Gasteiger partial charge on any atom is 0.339 e. The molecule has 0 radical (unpaired) electrons. The van der Waals surface area contributed by atoms with Crippen molar-refractivity contribution in [3.05, 3.63) is 93.8 Å². The Kier molecular flexibility index (Phi) is 8.57. The molecular weight excluding hydrogens is 513 g/mol. The lowest BCUT2D eigenvalue weighted by Gasteiger charge is -2.24. The number of nitrogens with zero attached hydrogens (tertiary/aromatic N) is 2. The molecule has 2 aromatic carbocycles. The molecule has 210 valence electrons. The van der Waals surface area contributed by atoms with Crippen LogP contribution in [0.2, 0.25) is 0 Å². The number of hydrogen-bond donors (Lipinski definition) is 1. The molecule has 4 nitrogen and oxygen atoms in total. The molecule has 0 atom stereocenters. The van der Waals surface area contributed by atoms with Crippen LogP contribution in [0.1, 0.15) is 78.4 Å². The van der Waals surface area contributed by atoms with Crippen LogP contribution in [0, 0.1) is 24.4 Å². The highest BCUT2D eigenvalue weighted by atomic mass is 19.2. The van der Waals surface area contributed by atoms with Gasteiger partial charge in [-0.05, 0) is 68.0 Å². The summed E-state index contributed by atoms with van der Waals surface area (Å²) in [5.41, 5.74) is 1.38. The van der Waals surface area contributed by atoms with Crippen molar-refractivity contribution in [2.24, 2.45) is 0 Å². The van der Waals surface area contributed by atoms with Gasteiger partial charge in [-0.1, -0.05) is 25.0 Å². The normalized spacial score (nSPS) is 18.1. The number of hydrogen-bond acceptors (Lipinski definition) is 2. The zero-order valence-corrected chi connectivity index (χ0v) is 23.0. The third kappa shape index (κ3) is 5.65. The molecule has 7 heteroatoms.